The van der Waals surface area contributed by atoms with Crippen LogP contribution in [0.4, 0.5) is 5.69 Å². The van der Waals surface area contributed by atoms with Gasteiger partial charge < -0.3 is 18.9 Å². The molecule has 3 rings (SSSR count). The molecule has 0 unspecified atom stereocenters. The molecule has 0 fully saturated rings. The lowest BCUT2D eigenvalue weighted by Gasteiger charge is -2.17. The molecule has 0 radical (unpaired) electrons. The van der Waals surface area contributed by atoms with Crippen molar-refractivity contribution in [3.05, 3.63) is 70.4 Å². The van der Waals surface area contributed by atoms with E-state index in [0.29, 0.717) is 46.5 Å². The van der Waals surface area contributed by atoms with Crippen molar-refractivity contribution in [2.75, 3.05) is 18.5 Å². The topological polar surface area (TPSA) is 90.7 Å². The Morgan fingerprint density at radius 3 is 2.35 bits per heavy atom. The average molecular weight is 463 g/mol. The highest BCUT2D eigenvalue weighted by molar-refractivity contribution is 7.53. The molecule has 0 saturated carbocycles. The van der Waals surface area contributed by atoms with Gasteiger partial charge in [0.2, 0.25) is 0 Å². The van der Waals surface area contributed by atoms with Crippen molar-refractivity contribution >= 4 is 30.8 Å². The molecule has 2 aromatic carbocycles. The molecule has 7 nitrogen and oxygen atoms in total. The van der Waals surface area contributed by atoms with E-state index in [1.165, 1.54) is 0 Å². The predicted molar refractivity (Wildman–Crippen MR) is 121 cm³/mol. The van der Waals surface area contributed by atoms with Crippen LogP contribution in [0.3, 0.4) is 0 Å². The van der Waals surface area contributed by atoms with E-state index in [9.17, 15) is 9.36 Å². The predicted octanol–water partition coefficient (Wildman–Crippen LogP) is 6.32. The molecule has 1 heterocycles. The number of benzene rings is 2. The molecule has 0 saturated heterocycles. The van der Waals surface area contributed by atoms with Crippen molar-refractivity contribution in [2.45, 2.75) is 26.9 Å². The fraction of sp³-hybridized carbons (Fsp3) is 0.273. The number of halogens is 1. The van der Waals surface area contributed by atoms with E-state index in [4.69, 9.17) is 25.2 Å². The van der Waals surface area contributed by atoms with Crippen LogP contribution in [0.5, 0.6) is 0 Å². The summed E-state index contributed by atoms with van der Waals surface area (Å²) in [6.07, 6.45) is 0.157. The van der Waals surface area contributed by atoms with Crippen LogP contribution in [-0.4, -0.2) is 24.3 Å². The number of anilines is 1. The first kappa shape index (κ1) is 23.2. The van der Waals surface area contributed by atoms with Crippen molar-refractivity contribution in [2.24, 2.45) is 0 Å². The van der Waals surface area contributed by atoms with Gasteiger partial charge in [0.05, 0.1) is 24.4 Å². The Balaban J connectivity index is 1.77. The fourth-order valence-electron chi connectivity index (χ4n) is 3.11. The summed E-state index contributed by atoms with van der Waals surface area (Å²) in [6, 6.07) is 14.1. The Morgan fingerprint density at radius 2 is 1.74 bits per heavy atom. The van der Waals surface area contributed by atoms with Gasteiger partial charge in [-0.25, -0.2) is 0 Å². The summed E-state index contributed by atoms with van der Waals surface area (Å²) in [7, 11) is -3.20. The van der Waals surface area contributed by atoms with Crippen molar-refractivity contribution in [3.63, 3.8) is 0 Å². The van der Waals surface area contributed by atoms with E-state index in [0.717, 1.165) is 5.56 Å². The first-order valence-corrected chi connectivity index (χ1v) is 12.0. The molecule has 0 spiro atoms. The molecule has 1 aromatic heterocycles. The zero-order valence-corrected chi connectivity index (χ0v) is 19.2. The molecule has 0 bridgehead atoms. The first-order chi connectivity index (χ1) is 14.9. The highest BCUT2D eigenvalue weighted by Gasteiger charge is 2.25. The van der Waals surface area contributed by atoms with Crippen molar-refractivity contribution < 1.29 is 22.9 Å². The monoisotopic (exact) mass is 462 g/mol. The zero-order chi connectivity index (χ0) is 22.4. The molecule has 0 aliphatic carbocycles. The number of carbonyl (C=O) groups excluding carboxylic acids is 1. The third-order valence-electron chi connectivity index (χ3n) is 4.46. The van der Waals surface area contributed by atoms with Gasteiger partial charge in [0, 0.05) is 11.3 Å². The third kappa shape index (κ3) is 5.63. The second-order valence-corrected chi connectivity index (χ2v) is 9.16. The Bertz CT molecular complexity index is 1090. The second kappa shape index (κ2) is 10.2. The maximum Gasteiger partial charge on any atom is 0.335 e. The number of nitrogens with one attached hydrogen (secondary N) is 1. The summed E-state index contributed by atoms with van der Waals surface area (Å²) >= 11 is 6.26. The Labute approximate surface area is 186 Å². The fourth-order valence-corrected chi connectivity index (χ4v) is 5.04. The number of nitrogens with zero attached hydrogens (tertiary/aromatic N) is 1. The normalized spacial score (nSPS) is 11.5. The van der Waals surface area contributed by atoms with Crippen LogP contribution in [-0.2, 0) is 19.8 Å². The summed E-state index contributed by atoms with van der Waals surface area (Å²) < 4.78 is 28.6. The van der Waals surface area contributed by atoms with Crippen LogP contribution in [0.15, 0.2) is 53.1 Å². The van der Waals surface area contributed by atoms with Gasteiger partial charge in [0.15, 0.2) is 0 Å². The van der Waals surface area contributed by atoms with Crippen molar-refractivity contribution in [1.82, 2.24) is 5.16 Å². The van der Waals surface area contributed by atoms with Gasteiger partial charge in [0.25, 0.3) is 5.91 Å². The van der Waals surface area contributed by atoms with Crippen LogP contribution in [0.1, 0.15) is 35.5 Å². The van der Waals surface area contributed by atoms with Gasteiger partial charge in [-0.15, -0.1) is 0 Å². The molecular weight excluding hydrogens is 439 g/mol. The lowest BCUT2D eigenvalue weighted by atomic mass is 10.1. The van der Waals surface area contributed by atoms with E-state index in [-0.39, 0.29) is 12.1 Å². The van der Waals surface area contributed by atoms with Gasteiger partial charge in [-0.3, -0.25) is 9.36 Å². The minimum atomic E-state index is -3.20. The molecule has 31 heavy (non-hydrogen) atoms. The Hall–Kier alpha value is -2.44. The Morgan fingerprint density at radius 1 is 1.10 bits per heavy atom. The van der Waals surface area contributed by atoms with E-state index in [1.54, 1.807) is 63.2 Å². The number of hydrogen-bond acceptors (Lipinski definition) is 6. The maximum atomic E-state index is 12.9. The molecule has 0 aliphatic rings. The molecule has 0 atom stereocenters. The van der Waals surface area contributed by atoms with Gasteiger partial charge >= 0.3 is 7.60 Å². The van der Waals surface area contributed by atoms with Gasteiger partial charge in [-0.1, -0.05) is 47.1 Å². The lowest BCUT2D eigenvalue weighted by Crippen LogP contribution is -2.13. The van der Waals surface area contributed by atoms with Crippen LogP contribution in [0.2, 0.25) is 5.02 Å². The standard InChI is InChI=1S/C22H24ClN2O5P/c1-4-28-31(27,29-5-2)14-16-10-12-17(13-11-16)24-22(26)20-15(3)30-25-21(20)18-8-6-7-9-19(18)23/h6-13H,4-5,14H2,1-3H3,(H,24,26). The van der Waals surface area contributed by atoms with E-state index in [1.807, 2.05) is 6.07 Å². The summed E-state index contributed by atoms with van der Waals surface area (Å²) in [5, 5.41) is 7.34. The minimum Gasteiger partial charge on any atom is -0.360 e. The highest BCUT2D eigenvalue weighted by atomic mass is 35.5. The van der Waals surface area contributed by atoms with Crippen LogP contribution in [0.25, 0.3) is 11.3 Å². The summed E-state index contributed by atoms with van der Waals surface area (Å²) in [4.78, 5) is 12.9. The molecule has 164 valence electrons. The second-order valence-electron chi connectivity index (χ2n) is 6.70. The number of rotatable bonds is 9. The van der Waals surface area contributed by atoms with Gasteiger partial charge in [-0.05, 0) is 44.5 Å². The Kier molecular flexibility index (Phi) is 7.68. The number of hydrogen-bond donors (Lipinski definition) is 1. The molecule has 9 heteroatoms. The van der Waals surface area contributed by atoms with Crippen LogP contribution >= 0.6 is 19.2 Å². The number of carbonyl (C=O) groups is 1. The van der Waals surface area contributed by atoms with Crippen molar-refractivity contribution in [1.29, 1.82) is 0 Å². The summed E-state index contributed by atoms with van der Waals surface area (Å²) in [5.41, 5.74) is 2.66. The SMILES string of the molecule is CCOP(=O)(Cc1ccc(NC(=O)c2c(-c3ccccc3Cl)noc2C)cc1)OCC. The van der Waals surface area contributed by atoms with E-state index in [2.05, 4.69) is 10.5 Å². The number of aromatic nitrogens is 1. The quantitative estimate of drug-likeness (QED) is 0.374. The maximum absolute atomic E-state index is 12.9. The average Bonchev–Trinajstić information content (AvgIpc) is 3.11. The summed E-state index contributed by atoms with van der Waals surface area (Å²) in [5.74, 6) is 0.0223. The molecule has 3 aromatic rings. The number of aryl methyl sites for hydroxylation is 1. The first-order valence-electron chi connectivity index (χ1n) is 9.86. The van der Waals surface area contributed by atoms with Gasteiger partial charge in [0.1, 0.15) is 17.0 Å². The largest absolute Gasteiger partial charge is 0.360 e. The number of amides is 1. The van der Waals surface area contributed by atoms with Crippen LogP contribution < -0.4 is 5.32 Å². The van der Waals surface area contributed by atoms with Gasteiger partial charge in [-0.2, -0.15) is 0 Å². The van der Waals surface area contributed by atoms with E-state index < -0.39 is 7.60 Å². The van der Waals surface area contributed by atoms with E-state index >= 15 is 0 Å². The minimum absolute atomic E-state index is 0.157. The third-order valence-corrected chi connectivity index (χ3v) is 6.84. The molecule has 0 aliphatic heterocycles. The zero-order valence-electron chi connectivity index (χ0n) is 17.6. The lowest BCUT2D eigenvalue weighted by molar-refractivity contribution is 0.102. The molecule has 1 amide bonds. The van der Waals surface area contributed by atoms with Crippen LogP contribution in [0, 0.1) is 6.92 Å². The van der Waals surface area contributed by atoms with Crippen molar-refractivity contribution in [3.8, 4) is 11.3 Å². The summed E-state index contributed by atoms with van der Waals surface area (Å²) in [6.45, 7) is 5.82. The smallest absolute Gasteiger partial charge is 0.335 e. The molecule has 1 N–H and O–H groups in total. The molecular formula is C22H24ClN2O5P. The highest BCUT2D eigenvalue weighted by Crippen LogP contribution is 2.51.